The number of carbonyl (C=O) groups is 2. The molecular weight excluding hydrogens is 436 g/mol. The second kappa shape index (κ2) is 9.26. The van der Waals surface area contributed by atoms with Crippen molar-refractivity contribution in [3.8, 4) is 0 Å². The summed E-state index contributed by atoms with van der Waals surface area (Å²) in [5.74, 6) is -1.36. The molecule has 5 heteroatoms. The molecule has 1 fully saturated rings. The lowest BCUT2D eigenvalue weighted by molar-refractivity contribution is -0.139. The van der Waals surface area contributed by atoms with Gasteiger partial charge in [-0.2, -0.15) is 0 Å². The highest BCUT2D eigenvalue weighted by atomic mass is 16.3. The average Bonchev–Trinajstić information content (AvgIpc) is 3.41. The van der Waals surface area contributed by atoms with Gasteiger partial charge < -0.3 is 15.0 Å². The molecule has 0 bridgehead atoms. The average molecular weight is 465 g/mol. The molecule has 0 spiro atoms. The number of hydrogen-bond acceptors (Lipinski definition) is 3. The third kappa shape index (κ3) is 4.14. The van der Waals surface area contributed by atoms with Crippen LogP contribution in [0, 0.1) is 6.92 Å². The molecule has 1 saturated heterocycles. The number of aliphatic hydroxyl groups excluding tert-OH is 1. The van der Waals surface area contributed by atoms with E-state index in [0.717, 1.165) is 34.0 Å². The minimum Gasteiger partial charge on any atom is -0.507 e. The summed E-state index contributed by atoms with van der Waals surface area (Å²) in [5, 5.41) is 12.3. The molecule has 1 aliphatic heterocycles. The van der Waals surface area contributed by atoms with Crippen LogP contribution in [0.2, 0.25) is 0 Å². The van der Waals surface area contributed by atoms with E-state index >= 15 is 0 Å². The standard InChI is InChI=1S/C30H28N2O3/c1-3-20-10-14-21(15-11-20)27-26(28(33)22-12-8-19(2)9-13-22)29(34)30(35)32(27)17-16-23-18-31-25-7-5-4-6-24(23)25/h4-15,18,27,31,33H,3,16-17H2,1-2H3/t27-/m1/s1. The number of aromatic amines is 1. The summed E-state index contributed by atoms with van der Waals surface area (Å²) < 4.78 is 0. The predicted molar refractivity (Wildman–Crippen MR) is 138 cm³/mol. The Kier molecular flexibility index (Phi) is 6.00. The summed E-state index contributed by atoms with van der Waals surface area (Å²) in [6, 6.07) is 22.6. The van der Waals surface area contributed by atoms with Crippen molar-refractivity contribution < 1.29 is 14.7 Å². The monoisotopic (exact) mass is 464 g/mol. The number of aliphatic hydroxyl groups is 1. The topological polar surface area (TPSA) is 73.4 Å². The molecule has 35 heavy (non-hydrogen) atoms. The van der Waals surface area contributed by atoms with E-state index in [2.05, 4.69) is 11.9 Å². The second-order valence-electron chi connectivity index (χ2n) is 9.06. The maximum atomic E-state index is 13.3. The van der Waals surface area contributed by atoms with Crippen LogP contribution in [0.4, 0.5) is 0 Å². The van der Waals surface area contributed by atoms with E-state index < -0.39 is 17.7 Å². The van der Waals surface area contributed by atoms with Crippen molar-refractivity contribution in [3.63, 3.8) is 0 Å². The second-order valence-corrected chi connectivity index (χ2v) is 9.06. The fourth-order valence-electron chi connectivity index (χ4n) is 4.84. The van der Waals surface area contributed by atoms with Gasteiger partial charge >= 0.3 is 0 Å². The van der Waals surface area contributed by atoms with E-state index in [1.165, 1.54) is 5.56 Å². The number of amides is 1. The predicted octanol–water partition coefficient (Wildman–Crippen LogP) is 5.70. The van der Waals surface area contributed by atoms with Crippen molar-refractivity contribution in [2.24, 2.45) is 0 Å². The molecule has 2 N–H and O–H groups in total. The van der Waals surface area contributed by atoms with Crippen molar-refractivity contribution in [3.05, 3.63) is 112 Å². The minimum atomic E-state index is -0.647. The Hall–Kier alpha value is -4.12. The summed E-state index contributed by atoms with van der Waals surface area (Å²) in [6.07, 6.45) is 3.44. The molecule has 176 valence electrons. The number of benzene rings is 3. The number of ketones is 1. The normalized spacial score (nSPS) is 17.4. The Morgan fingerprint density at radius 3 is 2.40 bits per heavy atom. The largest absolute Gasteiger partial charge is 0.507 e. The Morgan fingerprint density at radius 1 is 0.971 bits per heavy atom. The minimum absolute atomic E-state index is 0.137. The first-order valence-electron chi connectivity index (χ1n) is 12.0. The summed E-state index contributed by atoms with van der Waals surface area (Å²) >= 11 is 0. The summed E-state index contributed by atoms with van der Waals surface area (Å²) in [5.41, 5.74) is 5.82. The Labute approximate surface area is 204 Å². The first kappa shape index (κ1) is 22.7. The van der Waals surface area contributed by atoms with Gasteiger partial charge in [0.15, 0.2) is 0 Å². The molecule has 0 unspecified atom stereocenters. The molecule has 0 saturated carbocycles. The summed E-state index contributed by atoms with van der Waals surface area (Å²) in [6.45, 7) is 4.40. The number of aryl methyl sites for hydroxylation is 2. The van der Waals surface area contributed by atoms with Gasteiger partial charge in [0.25, 0.3) is 11.7 Å². The van der Waals surface area contributed by atoms with E-state index in [4.69, 9.17) is 0 Å². The SMILES string of the molecule is CCc1ccc([C@@H]2C(=C(O)c3ccc(C)cc3)C(=O)C(=O)N2CCc2c[nH]c3ccccc23)cc1. The number of carbonyl (C=O) groups excluding carboxylic acids is 2. The molecule has 5 nitrogen and oxygen atoms in total. The number of H-pyrrole nitrogens is 1. The smallest absolute Gasteiger partial charge is 0.295 e. The zero-order chi connectivity index (χ0) is 24.5. The molecule has 5 rings (SSSR count). The van der Waals surface area contributed by atoms with Gasteiger partial charge in [0.2, 0.25) is 0 Å². The third-order valence-corrected chi connectivity index (χ3v) is 6.87. The van der Waals surface area contributed by atoms with Gasteiger partial charge in [-0.05, 0) is 42.5 Å². The highest BCUT2D eigenvalue weighted by Gasteiger charge is 2.45. The molecule has 0 radical (unpaired) electrons. The lowest BCUT2D eigenvalue weighted by Gasteiger charge is -2.25. The third-order valence-electron chi connectivity index (χ3n) is 6.87. The number of aromatic nitrogens is 1. The molecule has 3 aromatic carbocycles. The first-order chi connectivity index (χ1) is 17.0. The fraction of sp³-hybridized carbons (Fsp3) is 0.200. The molecular formula is C30H28N2O3. The van der Waals surface area contributed by atoms with Gasteiger partial charge in [-0.25, -0.2) is 0 Å². The number of rotatable bonds is 6. The van der Waals surface area contributed by atoms with Crippen molar-refractivity contribution in [1.82, 2.24) is 9.88 Å². The Balaban J connectivity index is 1.56. The molecule has 1 atom stereocenters. The van der Waals surface area contributed by atoms with Crippen LogP contribution in [0.25, 0.3) is 16.7 Å². The molecule has 2 heterocycles. The van der Waals surface area contributed by atoms with Crippen LogP contribution in [0.5, 0.6) is 0 Å². The van der Waals surface area contributed by atoms with Crippen LogP contribution in [-0.2, 0) is 22.4 Å². The molecule has 1 amide bonds. The number of nitrogens with zero attached hydrogens (tertiary/aromatic N) is 1. The van der Waals surface area contributed by atoms with Crippen LogP contribution in [0.15, 0.2) is 84.6 Å². The lowest BCUT2D eigenvalue weighted by Crippen LogP contribution is -2.31. The number of hydrogen-bond donors (Lipinski definition) is 2. The number of para-hydroxylation sites is 1. The van der Waals surface area contributed by atoms with Crippen molar-refractivity contribution in [2.45, 2.75) is 32.7 Å². The van der Waals surface area contributed by atoms with Crippen LogP contribution >= 0.6 is 0 Å². The van der Waals surface area contributed by atoms with Crippen LogP contribution in [0.3, 0.4) is 0 Å². The maximum absolute atomic E-state index is 13.3. The number of likely N-dealkylation sites (tertiary alicyclic amines) is 1. The lowest BCUT2D eigenvalue weighted by atomic mass is 9.94. The fourth-order valence-corrected chi connectivity index (χ4v) is 4.84. The van der Waals surface area contributed by atoms with Gasteiger partial charge in [-0.1, -0.05) is 79.2 Å². The van der Waals surface area contributed by atoms with Gasteiger partial charge in [0.1, 0.15) is 5.76 Å². The molecule has 0 aliphatic carbocycles. The van der Waals surface area contributed by atoms with Gasteiger partial charge in [0, 0.05) is 29.2 Å². The van der Waals surface area contributed by atoms with E-state index in [-0.39, 0.29) is 11.3 Å². The van der Waals surface area contributed by atoms with Crippen molar-refractivity contribution >= 4 is 28.4 Å². The number of fused-ring (bicyclic) bond motifs is 1. The first-order valence-corrected chi connectivity index (χ1v) is 12.0. The van der Waals surface area contributed by atoms with E-state index in [9.17, 15) is 14.7 Å². The van der Waals surface area contributed by atoms with Gasteiger partial charge in [-0.3, -0.25) is 9.59 Å². The highest BCUT2D eigenvalue weighted by molar-refractivity contribution is 6.46. The Morgan fingerprint density at radius 2 is 1.69 bits per heavy atom. The van der Waals surface area contributed by atoms with Crippen molar-refractivity contribution in [1.29, 1.82) is 0 Å². The summed E-state index contributed by atoms with van der Waals surface area (Å²) in [7, 11) is 0. The van der Waals surface area contributed by atoms with Gasteiger partial charge in [-0.15, -0.1) is 0 Å². The van der Waals surface area contributed by atoms with E-state index in [0.29, 0.717) is 18.5 Å². The van der Waals surface area contributed by atoms with E-state index in [1.54, 1.807) is 17.0 Å². The highest BCUT2D eigenvalue weighted by Crippen LogP contribution is 2.39. The number of Topliss-reactive ketones (excluding diaryl/α,β-unsaturated/α-hetero) is 1. The van der Waals surface area contributed by atoms with E-state index in [1.807, 2.05) is 73.8 Å². The molecule has 1 aliphatic rings. The Bertz CT molecular complexity index is 1430. The molecule has 4 aromatic rings. The summed E-state index contributed by atoms with van der Waals surface area (Å²) in [4.78, 5) is 31.4. The van der Waals surface area contributed by atoms with Crippen LogP contribution in [-0.4, -0.2) is 33.2 Å². The number of nitrogens with one attached hydrogen (secondary N) is 1. The zero-order valence-electron chi connectivity index (χ0n) is 19.9. The quantitative estimate of drug-likeness (QED) is 0.218. The maximum Gasteiger partial charge on any atom is 0.295 e. The zero-order valence-corrected chi connectivity index (χ0v) is 19.9. The van der Waals surface area contributed by atoms with Crippen LogP contribution in [0.1, 0.15) is 40.8 Å². The van der Waals surface area contributed by atoms with Crippen molar-refractivity contribution in [2.75, 3.05) is 6.54 Å². The van der Waals surface area contributed by atoms with Crippen LogP contribution < -0.4 is 0 Å². The molecule has 1 aromatic heterocycles. The van der Waals surface area contributed by atoms with Gasteiger partial charge in [0.05, 0.1) is 11.6 Å².